The molecule has 1 aliphatic rings. The Morgan fingerprint density at radius 2 is 2.16 bits per heavy atom. The molecule has 1 aromatic heterocycles. The lowest BCUT2D eigenvalue weighted by Gasteiger charge is -2.27. The van der Waals surface area contributed by atoms with Crippen molar-refractivity contribution >= 4 is 28.7 Å². The van der Waals surface area contributed by atoms with Crippen LogP contribution in [0.25, 0.3) is 11.0 Å². The molecule has 0 amide bonds. The van der Waals surface area contributed by atoms with Crippen LogP contribution >= 0.6 is 11.8 Å². The SMILES string of the molecule is CSC1(Cn2c(N)nc3c(F)cccc32)CCCC1. The lowest BCUT2D eigenvalue weighted by Crippen LogP contribution is -2.27. The standard InChI is InChI=1S/C14H18FN3S/c1-19-14(7-2-3-8-14)9-18-11-6-4-5-10(15)12(11)17-13(18)16/h4-6H,2-3,7-9H2,1H3,(H2,16,17). The maximum Gasteiger partial charge on any atom is 0.201 e. The van der Waals surface area contributed by atoms with Crippen LogP contribution in [0.4, 0.5) is 10.3 Å². The highest BCUT2D eigenvalue weighted by Crippen LogP contribution is 2.42. The molecule has 0 radical (unpaired) electrons. The first kappa shape index (κ1) is 12.8. The number of hydrogen-bond donors (Lipinski definition) is 1. The molecule has 5 heteroatoms. The number of anilines is 1. The molecular formula is C14H18FN3S. The van der Waals surface area contributed by atoms with Crippen molar-refractivity contribution in [2.75, 3.05) is 12.0 Å². The van der Waals surface area contributed by atoms with Gasteiger partial charge in [-0.3, -0.25) is 0 Å². The predicted molar refractivity (Wildman–Crippen MR) is 78.8 cm³/mol. The van der Waals surface area contributed by atoms with E-state index in [1.165, 1.54) is 31.7 Å². The van der Waals surface area contributed by atoms with Gasteiger partial charge in [-0.25, -0.2) is 9.37 Å². The van der Waals surface area contributed by atoms with Crippen molar-refractivity contribution in [3.05, 3.63) is 24.0 Å². The monoisotopic (exact) mass is 279 g/mol. The number of imidazole rings is 1. The minimum Gasteiger partial charge on any atom is -0.369 e. The lowest BCUT2D eigenvalue weighted by atomic mass is 10.1. The van der Waals surface area contributed by atoms with Crippen molar-refractivity contribution in [1.29, 1.82) is 0 Å². The Bertz CT molecular complexity index is 602. The minimum absolute atomic E-state index is 0.230. The molecule has 1 aliphatic carbocycles. The molecule has 1 heterocycles. The largest absolute Gasteiger partial charge is 0.369 e. The summed E-state index contributed by atoms with van der Waals surface area (Å²) in [5, 5.41) is 0. The van der Waals surface area contributed by atoms with E-state index in [0.29, 0.717) is 11.5 Å². The highest BCUT2D eigenvalue weighted by atomic mass is 32.2. The summed E-state index contributed by atoms with van der Waals surface area (Å²) in [5.41, 5.74) is 7.18. The summed E-state index contributed by atoms with van der Waals surface area (Å²) in [7, 11) is 0. The molecule has 0 bridgehead atoms. The number of benzene rings is 1. The summed E-state index contributed by atoms with van der Waals surface area (Å²) in [6, 6.07) is 5.04. The molecule has 1 aromatic carbocycles. The second-order valence-corrected chi connectivity index (χ2v) is 6.53. The van der Waals surface area contributed by atoms with Gasteiger partial charge in [-0.2, -0.15) is 11.8 Å². The Hall–Kier alpha value is -1.23. The summed E-state index contributed by atoms with van der Waals surface area (Å²) >= 11 is 1.90. The van der Waals surface area contributed by atoms with Gasteiger partial charge in [0.15, 0.2) is 5.82 Å². The van der Waals surface area contributed by atoms with Crippen LogP contribution in [0.2, 0.25) is 0 Å². The van der Waals surface area contributed by atoms with Crippen molar-refractivity contribution in [3.8, 4) is 0 Å². The summed E-state index contributed by atoms with van der Waals surface area (Å²) in [5.74, 6) is 0.119. The van der Waals surface area contributed by atoms with E-state index in [-0.39, 0.29) is 10.6 Å². The van der Waals surface area contributed by atoms with Gasteiger partial charge in [0.2, 0.25) is 5.95 Å². The first-order valence-electron chi connectivity index (χ1n) is 6.61. The van der Waals surface area contributed by atoms with Gasteiger partial charge in [0.1, 0.15) is 5.52 Å². The van der Waals surface area contributed by atoms with E-state index in [4.69, 9.17) is 5.73 Å². The van der Waals surface area contributed by atoms with Gasteiger partial charge >= 0.3 is 0 Å². The number of rotatable bonds is 3. The number of nitrogens with two attached hydrogens (primary N) is 1. The third kappa shape index (κ3) is 2.10. The van der Waals surface area contributed by atoms with Crippen LogP contribution in [-0.4, -0.2) is 20.6 Å². The van der Waals surface area contributed by atoms with Crippen LogP contribution in [0.1, 0.15) is 25.7 Å². The van der Waals surface area contributed by atoms with Gasteiger partial charge < -0.3 is 10.3 Å². The smallest absolute Gasteiger partial charge is 0.201 e. The van der Waals surface area contributed by atoms with Crippen LogP contribution in [0.3, 0.4) is 0 Å². The topological polar surface area (TPSA) is 43.8 Å². The van der Waals surface area contributed by atoms with Gasteiger partial charge in [-0.1, -0.05) is 18.9 Å². The number of thioether (sulfide) groups is 1. The van der Waals surface area contributed by atoms with E-state index in [1.807, 2.05) is 22.4 Å². The second kappa shape index (κ2) is 4.71. The molecule has 0 spiro atoms. The van der Waals surface area contributed by atoms with Crippen molar-refractivity contribution < 1.29 is 4.39 Å². The first-order chi connectivity index (χ1) is 9.15. The Labute approximate surface area is 116 Å². The first-order valence-corrected chi connectivity index (χ1v) is 7.83. The van der Waals surface area contributed by atoms with Gasteiger partial charge in [0.05, 0.1) is 5.52 Å². The van der Waals surface area contributed by atoms with Crippen LogP contribution in [-0.2, 0) is 6.54 Å². The van der Waals surface area contributed by atoms with Gasteiger partial charge in [0.25, 0.3) is 0 Å². The fourth-order valence-electron chi connectivity index (χ4n) is 3.03. The Morgan fingerprint density at radius 1 is 1.42 bits per heavy atom. The van der Waals surface area contributed by atoms with E-state index in [2.05, 4.69) is 11.2 Å². The maximum atomic E-state index is 13.7. The summed E-state index contributed by atoms with van der Waals surface area (Å²) in [6.45, 7) is 0.819. The molecule has 1 fully saturated rings. The number of hydrogen-bond acceptors (Lipinski definition) is 3. The third-order valence-corrected chi connectivity index (χ3v) is 5.56. The zero-order chi connectivity index (χ0) is 13.5. The molecular weight excluding hydrogens is 261 g/mol. The van der Waals surface area contributed by atoms with Crippen molar-refractivity contribution in [2.24, 2.45) is 0 Å². The summed E-state index contributed by atoms with van der Waals surface area (Å²) < 4.78 is 15.9. The van der Waals surface area contributed by atoms with Crippen molar-refractivity contribution in [2.45, 2.75) is 37.0 Å². The number of nitrogens with zero attached hydrogens (tertiary/aromatic N) is 2. The Kier molecular flexibility index (Phi) is 3.17. The van der Waals surface area contributed by atoms with Crippen molar-refractivity contribution in [3.63, 3.8) is 0 Å². The third-order valence-electron chi connectivity index (χ3n) is 4.15. The Morgan fingerprint density at radius 3 is 2.84 bits per heavy atom. The zero-order valence-corrected chi connectivity index (χ0v) is 11.8. The van der Waals surface area contributed by atoms with Crippen LogP contribution < -0.4 is 5.73 Å². The van der Waals surface area contributed by atoms with Gasteiger partial charge in [0, 0.05) is 11.3 Å². The molecule has 3 nitrogen and oxygen atoms in total. The molecule has 19 heavy (non-hydrogen) atoms. The van der Waals surface area contributed by atoms with E-state index >= 15 is 0 Å². The molecule has 0 saturated heterocycles. The van der Waals surface area contributed by atoms with Crippen LogP contribution in [0.5, 0.6) is 0 Å². The van der Waals surface area contributed by atoms with Crippen molar-refractivity contribution in [1.82, 2.24) is 9.55 Å². The molecule has 2 N–H and O–H groups in total. The summed E-state index contributed by atoms with van der Waals surface area (Å²) in [6.07, 6.45) is 7.08. The average Bonchev–Trinajstić information content (AvgIpc) is 2.99. The molecule has 1 saturated carbocycles. The highest BCUT2D eigenvalue weighted by Gasteiger charge is 2.34. The highest BCUT2D eigenvalue weighted by molar-refractivity contribution is 8.00. The molecule has 3 rings (SSSR count). The van der Waals surface area contributed by atoms with Crippen LogP contribution in [0, 0.1) is 5.82 Å². The van der Waals surface area contributed by atoms with Gasteiger partial charge in [-0.05, 0) is 31.2 Å². The van der Waals surface area contributed by atoms with Gasteiger partial charge in [-0.15, -0.1) is 0 Å². The number of aromatic nitrogens is 2. The molecule has 0 aliphatic heterocycles. The van der Waals surface area contributed by atoms with E-state index in [9.17, 15) is 4.39 Å². The van der Waals surface area contributed by atoms with E-state index in [0.717, 1.165) is 12.1 Å². The Balaban J connectivity index is 2.05. The number of nitrogen functional groups attached to an aromatic ring is 1. The number of fused-ring (bicyclic) bond motifs is 1. The fourth-order valence-corrected chi connectivity index (χ4v) is 3.99. The summed E-state index contributed by atoms with van der Waals surface area (Å²) in [4.78, 5) is 4.18. The predicted octanol–water partition coefficient (Wildman–Crippen LogP) is 3.43. The molecule has 0 unspecified atom stereocenters. The van der Waals surface area contributed by atoms with E-state index < -0.39 is 0 Å². The van der Waals surface area contributed by atoms with E-state index in [1.54, 1.807) is 6.07 Å². The average molecular weight is 279 g/mol. The molecule has 102 valence electrons. The van der Waals surface area contributed by atoms with Crippen LogP contribution in [0.15, 0.2) is 18.2 Å². The quantitative estimate of drug-likeness (QED) is 0.936. The lowest BCUT2D eigenvalue weighted by molar-refractivity contribution is 0.518. The molecule has 0 atom stereocenters. The maximum absolute atomic E-state index is 13.7. The fraction of sp³-hybridized carbons (Fsp3) is 0.500. The second-order valence-electron chi connectivity index (χ2n) is 5.26. The normalized spacial score (nSPS) is 18.2. The number of para-hydroxylation sites is 1. The number of halogens is 1. The zero-order valence-electron chi connectivity index (χ0n) is 11.0. The molecule has 2 aromatic rings. The minimum atomic E-state index is -0.299.